The number of hydrogen-bond donors (Lipinski definition) is 1. The van der Waals surface area contributed by atoms with Gasteiger partial charge in [-0.05, 0) is 29.8 Å². The van der Waals surface area contributed by atoms with Crippen LogP contribution in [0.5, 0.6) is 0 Å². The van der Waals surface area contributed by atoms with Gasteiger partial charge in [-0.3, -0.25) is 0 Å². The van der Waals surface area contributed by atoms with Gasteiger partial charge in [0, 0.05) is 28.1 Å². The van der Waals surface area contributed by atoms with E-state index >= 15 is 0 Å². The van der Waals surface area contributed by atoms with Crippen LogP contribution in [0.1, 0.15) is 5.56 Å². The average molecular weight is 412 g/mol. The second-order valence-electron chi connectivity index (χ2n) is 4.70. The van der Waals surface area contributed by atoms with E-state index in [1.165, 1.54) is 11.8 Å². The Labute approximate surface area is 153 Å². The fourth-order valence-electron chi connectivity index (χ4n) is 1.90. The average Bonchev–Trinajstić information content (AvgIpc) is 2.49. The van der Waals surface area contributed by atoms with Gasteiger partial charge in [-0.25, -0.2) is 21.9 Å². The van der Waals surface area contributed by atoms with Crippen molar-refractivity contribution in [2.24, 2.45) is 0 Å². The molecule has 9 heteroatoms. The maximum atomic E-state index is 13.5. The monoisotopic (exact) mass is 411 g/mol. The standard InChI is InChI=1S/C15H13Cl2F2NO2S2/c16-11-3-1-4-12(17)10(11)9-23-8-7-20-24(21,22)15-13(18)5-2-6-14(15)19/h1-6,20H,7-9H2. The molecule has 0 atom stereocenters. The van der Waals surface area contributed by atoms with Crippen LogP contribution in [0.3, 0.4) is 0 Å². The number of sulfonamides is 1. The third kappa shape index (κ3) is 4.83. The van der Waals surface area contributed by atoms with Crippen molar-refractivity contribution in [3.05, 3.63) is 63.6 Å². The van der Waals surface area contributed by atoms with E-state index in [1.807, 2.05) is 0 Å². The first-order chi connectivity index (χ1) is 11.3. The molecule has 0 saturated carbocycles. The summed E-state index contributed by atoms with van der Waals surface area (Å²) in [6, 6.07) is 8.06. The molecule has 0 fully saturated rings. The SMILES string of the molecule is O=S(=O)(NCCSCc1c(Cl)cccc1Cl)c1c(F)cccc1F. The van der Waals surface area contributed by atoms with E-state index in [2.05, 4.69) is 4.72 Å². The molecule has 2 aromatic carbocycles. The van der Waals surface area contributed by atoms with Crippen molar-refractivity contribution in [2.45, 2.75) is 10.6 Å². The van der Waals surface area contributed by atoms with Crippen molar-refractivity contribution in [1.82, 2.24) is 4.72 Å². The van der Waals surface area contributed by atoms with Crippen molar-refractivity contribution in [2.75, 3.05) is 12.3 Å². The van der Waals surface area contributed by atoms with E-state index in [0.717, 1.165) is 23.8 Å². The van der Waals surface area contributed by atoms with Gasteiger partial charge in [-0.15, -0.1) is 0 Å². The van der Waals surface area contributed by atoms with E-state index in [-0.39, 0.29) is 6.54 Å². The lowest BCUT2D eigenvalue weighted by atomic mass is 10.2. The molecule has 0 aromatic heterocycles. The largest absolute Gasteiger partial charge is 0.246 e. The molecular weight excluding hydrogens is 399 g/mol. The van der Waals surface area contributed by atoms with Crippen molar-refractivity contribution in [3.63, 3.8) is 0 Å². The Morgan fingerprint density at radius 3 is 2.12 bits per heavy atom. The van der Waals surface area contributed by atoms with Crippen LogP contribution in [0, 0.1) is 11.6 Å². The van der Waals surface area contributed by atoms with Gasteiger partial charge < -0.3 is 0 Å². The fourth-order valence-corrected chi connectivity index (χ4v) is 4.79. The first kappa shape index (κ1) is 19.5. The van der Waals surface area contributed by atoms with Crippen LogP contribution < -0.4 is 4.72 Å². The third-order valence-electron chi connectivity index (χ3n) is 3.03. The Kier molecular flexibility index (Phi) is 6.88. The molecule has 24 heavy (non-hydrogen) atoms. The molecule has 1 N–H and O–H groups in total. The van der Waals surface area contributed by atoms with E-state index in [9.17, 15) is 17.2 Å². The van der Waals surface area contributed by atoms with Crippen LogP contribution in [-0.4, -0.2) is 20.7 Å². The summed E-state index contributed by atoms with van der Waals surface area (Å²) < 4.78 is 53.2. The van der Waals surface area contributed by atoms with Gasteiger partial charge in [0.1, 0.15) is 11.6 Å². The number of rotatable bonds is 7. The Hall–Kier alpha value is -0.860. The first-order valence-electron chi connectivity index (χ1n) is 6.77. The fraction of sp³-hybridized carbons (Fsp3) is 0.200. The number of benzene rings is 2. The van der Waals surface area contributed by atoms with Crippen molar-refractivity contribution >= 4 is 45.0 Å². The zero-order valence-electron chi connectivity index (χ0n) is 12.2. The zero-order chi connectivity index (χ0) is 17.7. The molecule has 0 unspecified atom stereocenters. The highest BCUT2D eigenvalue weighted by atomic mass is 35.5. The Morgan fingerprint density at radius 1 is 1.00 bits per heavy atom. The maximum Gasteiger partial charge on any atom is 0.246 e. The summed E-state index contributed by atoms with van der Waals surface area (Å²) in [5.41, 5.74) is 0.758. The van der Waals surface area contributed by atoms with Gasteiger partial charge in [0.25, 0.3) is 0 Å². The molecule has 0 aliphatic rings. The molecule has 2 rings (SSSR count). The van der Waals surface area contributed by atoms with Crippen LogP contribution in [0.15, 0.2) is 41.3 Å². The molecule has 2 aromatic rings. The predicted molar refractivity (Wildman–Crippen MR) is 94.2 cm³/mol. The highest BCUT2D eigenvalue weighted by Gasteiger charge is 2.23. The molecule has 0 bridgehead atoms. The third-order valence-corrected chi connectivity index (χ3v) is 6.24. The molecule has 3 nitrogen and oxygen atoms in total. The summed E-state index contributed by atoms with van der Waals surface area (Å²) >= 11 is 13.5. The van der Waals surface area contributed by atoms with Crippen LogP contribution in [0.2, 0.25) is 10.0 Å². The highest BCUT2D eigenvalue weighted by Crippen LogP contribution is 2.28. The molecule has 0 aliphatic carbocycles. The Balaban J connectivity index is 1.90. The molecule has 0 heterocycles. The van der Waals surface area contributed by atoms with Gasteiger partial charge in [0.2, 0.25) is 10.0 Å². The lowest BCUT2D eigenvalue weighted by Crippen LogP contribution is -2.27. The summed E-state index contributed by atoms with van der Waals surface area (Å²) in [6.45, 7) is 0.0167. The molecule has 0 saturated heterocycles. The molecule has 130 valence electrons. The summed E-state index contributed by atoms with van der Waals surface area (Å²) in [5.74, 6) is -1.37. The Morgan fingerprint density at radius 2 is 1.54 bits per heavy atom. The van der Waals surface area contributed by atoms with Crippen LogP contribution in [-0.2, 0) is 15.8 Å². The maximum absolute atomic E-state index is 13.5. The molecule has 0 aliphatic heterocycles. The second-order valence-corrected chi connectivity index (χ2v) is 8.32. The summed E-state index contributed by atoms with van der Waals surface area (Å²) in [4.78, 5) is -0.968. The highest BCUT2D eigenvalue weighted by molar-refractivity contribution is 7.98. The van der Waals surface area contributed by atoms with Gasteiger partial charge in [0.05, 0.1) is 0 Å². The van der Waals surface area contributed by atoms with E-state index in [1.54, 1.807) is 18.2 Å². The second kappa shape index (κ2) is 8.49. The molecular formula is C15H13Cl2F2NO2S2. The van der Waals surface area contributed by atoms with Gasteiger partial charge in [-0.1, -0.05) is 35.3 Å². The van der Waals surface area contributed by atoms with Crippen LogP contribution in [0.25, 0.3) is 0 Å². The van der Waals surface area contributed by atoms with Crippen LogP contribution in [0.4, 0.5) is 8.78 Å². The topological polar surface area (TPSA) is 46.2 Å². The van der Waals surface area contributed by atoms with Gasteiger partial charge in [-0.2, -0.15) is 11.8 Å². The van der Waals surface area contributed by atoms with Crippen LogP contribution >= 0.6 is 35.0 Å². The first-order valence-corrected chi connectivity index (χ1v) is 10.2. The molecule has 0 spiro atoms. The van der Waals surface area contributed by atoms with Crippen molar-refractivity contribution in [3.8, 4) is 0 Å². The predicted octanol–water partition coefficient (Wildman–Crippen LogP) is 4.48. The number of nitrogens with one attached hydrogen (secondary N) is 1. The number of thioether (sulfide) groups is 1. The quantitative estimate of drug-likeness (QED) is 0.682. The van der Waals surface area contributed by atoms with Gasteiger partial charge >= 0.3 is 0 Å². The summed E-state index contributed by atoms with van der Waals surface area (Å²) in [6.07, 6.45) is 0. The molecule has 0 amide bonds. The normalized spacial score (nSPS) is 11.7. The number of hydrogen-bond acceptors (Lipinski definition) is 3. The van der Waals surface area contributed by atoms with Gasteiger partial charge in [0.15, 0.2) is 4.90 Å². The van der Waals surface area contributed by atoms with E-state index in [0.29, 0.717) is 21.6 Å². The Bertz CT molecular complexity index is 792. The smallest absolute Gasteiger partial charge is 0.210 e. The van der Waals surface area contributed by atoms with E-state index < -0.39 is 26.6 Å². The minimum atomic E-state index is -4.25. The minimum Gasteiger partial charge on any atom is -0.210 e. The zero-order valence-corrected chi connectivity index (χ0v) is 15.4. The number of halogens is 4. The van der Waals surface area contributed by atoms with Crippen molar-refractivity contribution in [1.29, 1.82) is 0 Å². The molecule has 0 radical (unpaired) electrons. The van der Waals surface area contributed by atoms with Crippen molar-refractivity contribution < 1.29 is 17.2 Å². The summed E-state index contributed by atoms with van der Waals surface area (Å²) in [5, 5.41) is 1.06. The lowest BCUT2D eigenvalue weighted by Gasteiger charge is -2.09. The van der Waals surface area contributed by atoms with E-state index in [4.69, 9.17) is 23.2 Å². The summed E-state index contributed by atoms with van der Waals surface area (Å²) in [7, 11) is -4.25. The minimum absolute atomic E-state index is 0.0167. The lowest BCUT2D eigenvalue weighted by molar-refractivity contribution is 0.515.